The third-order valence-corrected chi connectivity index (χ3v) is 4.11. The number of nitrogens with two attached hydrogens (primary N) is 1. The highest BCUT2D eigenvalue weighted by Crippen LogP contribution is 2.23. The quantitative estimate of drug-likeness (QED) is 0.591. The Morgan fingerprint density at radius 1 is 1.56 bits per heavy atom. The van der Waals surface area contributed by atoms with Crippen molar-refractivity contribution in [1.82, 2.24) is 15.2 Å². The number of rotatable bonds is 7. The van der Waals surface area contributed by atoms with Crippen molar-refractivity contribution < 1.29 is 4.74 Å². The Bertz CT molecular complexity index is 380. The van der Waals surface area contributed by atoms with Crippen LogP contribution in [0.3, 0.4) is 0 Å². The molecule has 1 aromatic heterocycles. The fourth-order valence-electron chi connectivity index (χ4n) is 1.98. The third-order valence-electron chi connectivity index (χ3n) is 3.20. The van der Waals surface area contributed by atoms with Gasteiger partial charge in [0.1, 0.15) is 0 Å². The van der Waals surface area contributed by atoms with E-state index in [-0.39, 0.29) is 12.1 Å². The number of hydrazine groups is 1. The van der Waals surface area contributed by atoms with E-state index in [9.17, 15) is 0 Å². The standard InChI is InChI=1S/C12H23BrN4O/c1-5-10-12(13)11(17(3)16-10)7-9(15-14)6-8(2)18-4/h8-9,15H,5-7,14H2,1-4H3. The average molecular weight is 319 g/mol. The molecule has 0 aliphatic carbocycles. The van der Waals surface area contributed by atoms with Gasteiger partial charge in [-0.2, -0.15) is 5.10 Å². The summed E-state index contributed by atoms with van der Waals surface area (Å²) in [5, 5.41) is 4.49. The molecule has 6 heteroatoms. The maximum absolute atomic E-state index is 5.61. The van der Waals surface area contributed by atoms with Crippen LogP contribution in [0.4, 0.5) is 0 Å². The molecule has 1 aromatic rings. The normalized spacial score (nSPS) is 14.8. The van der Waals surface area contributed by atoms with Crippen molar-refractivity contribution in [3.63, 3.8) is 0 Å². The zero-order valence-corrected chi connectivity index (χ0v) is 13.1. The number of hydrogen-bond acceptors (Lipinski definition) is 4. The van der Waals surface area contributed by atoms with Crippen LogP contribution >= 0.6 is 15.9 Å². The Kier molecular flexibility index (Phi) is 6.28. The van der Waals surface area contributed by atoms with E-state index in [0.29, 0.717) is 0 Å². The number of hydrogen-bond donors (Lipinski definition) is 2. The fourth-order valence-corrected chi connectivity index (χ4v) is 2.76. The van der Waals surface area contributed by atoms with Gasteiger partial charge < -0.3 is 4.74 Å². The molecule has 0 aromatic carbocycles. The summed E-state index contributed by atoms with van der Waals surface area (Å²) < 4.78 is 8.29. The highest BCUT2D eigenvalue weighted by atomic mass is 79.9. The van der Waals surface area contributed by atoms with E-state index in [1.165, 1.54) is 0 Å². The summed E-state index contributed by atoms with van der Waals surface area (Å²) in [7, 11) is 3.68. The van der Waals surface area contributed by atoms with E-state index in [1.807, 2.05) is 18.7 Å². The summed E-state index contributed by atoms with van der Waals surface area (Å²) in [4.78, 5) is 0. The highest BCUT2D eigenvalue weighted by molar-refractivity contribution is 9.10. The SMILES string of the molecule is CCc1nn(C)c(CC(CC(C)OC)NN)c1Br. The maximum Gasteiger partial charge on any atom is 0.0766 e. The second-order valence-electron chi connectivity index (χ2n) is 4.53. The van der Waals surface area contributed by atoms with Gasteiger partial charge in [0, 0.05) is 26.6 Å². The number of ether oxygens (including phenoxy) is 1. The van der Waals surface area contributed by atoms with Crippen LogP contribution in [0.1, 0.15) is 31.7 Å². The summed E-state index contributed by atoms with van der Waals surface area (Å²) in [5.74, 6) is 5.61. The van der Waals surface area contributed by atoms with Crippen LogP contribution in [-0.4, -0.2) is 29.0 Å². The van der Waals surface area contributed by atoms with Crippen molar-refractivity contribution in [3.8, 4) is 0 Å². The smallest absolute Gasteiger partial charge is 0.0766 e. The Hall–Kier alpha value is -0.430. The summed E-state index contributed by atoms with van der Waals surface area (Å²) in [6.45, 7) is 4.14. The van der Waals surface area contributed by atoms with Gasteiger partial charge in [-0.1, -0.05) is 6.92 Å². The van der Waals surface area contributed by atoms with Gasteiger partial charge in [-0.3, -0.25) is 16.0 Å². The molecule has 104 valence electrons. The first-order valence-electron chi connectivity index (χ1n) is 6.22. The second kappa shape index (κ2) is 7.23. The monoisotopic (exact) mass is 318 g/mol. The van der Waals surface area contributed by atoms with Crippen molar-refractivity contribution in [3.05, 3.63) is 15.9 Å². The van der Waals surface area contributed by atoms with Crippen LogP contribution in [0.2, 0.25) is 0 Å². The zero-order valence-electron chi connectivity index (χ0n) is 11.5. The first-order chi connectivity index (χ1) is 8.53. The van der Waals surface area contributed by atoms with Crippen LogP contribution in [-0.2, 0) is 24.6 Å². The summed E-state index contributed by atoms with van der Waals surface area (Å²) in [6, 6.07) is 0.177. The maximum atomic E-state index is 5.61. The molecule has 0 saturated carbocycles. The molecular formula is C12H23BrN4O. The topological polar surface area (TPSA) is 65.1 Å². The van der Waals surface area contributed by atoms with Gasteiger partial charge in [-0.25, -0.2) is 0 Å². The highest BCUT2D eigenvalue weighted by Gasteiger charge is 2.18. The van der Waals surface area contributed by atoms with E-state index in [0.717, 1.165) is 35.1 Å². The van der Waals surface area contributed by atoms with E-state index in [1.54, 1.807) is 7.11 Å². The minimum atomic E-state index is 0.177. The molecule has 0 bridgehead atoms. The van der Waals surface area contributed by atoms with E-state index in [4.69, 9.17) is 10.6 Å². The van der Waals surface area contributed by atoms with Crippen molar-refractivity contribution in [2.75, 3.05) is 7.11 Å². The Morgan fingerprint density at radius 2 is 2.22 bits per heavy atom. The van der Waals surface area contributed by atoms with Gasteiger partial charge >= 0.3 is 0 Å². The molecule has 0 amide bonds. The van der Waals surface area contributed by atoms with E-state index in [2.05, 4.69) is 33.4 Å². The van der Waals surface area contributed by atoms with E-state index < -0.39 is 0 Å². The molecule has 2 atom stereocenters. The lowest BCUT2D eigenvalue weighted by Crippen LogP contribution is -2.39. The number of methoxy groups -OCH3 is 1. The largest absolute Gasteiger partial charge is 0.382 e. The molecule has 1 heterocycles. The predicted octanol–water partition coefficient (Wildman–Crippen LogP) is 1.54. The average Bonchev–Trinajstić information content (AvgIpc) is 2.64. The molecule has 0 fully saturated rings. The molecular weight excluding hydrogens is 296 g/mol. The lowest BCUT2D eigenvalue weighted by molar-refractivity contribution is 0.100. The molecule has 0 spiro atoms. The van der Waals surface area contributed by atoms with Crippen molar-refractivity contribution in [2.45, 2.75) is 45.3 Å². The molecule has 3 N–H and O–H groups in total. The second-order valence-corrected chi connectivity index (χ2v) is 5.33. The van der Waals surface area contributed by atoms with Crippen molar-refractivity contribution in [1.29, 1.82) is 0 Å². The molecule has 0 radical (unpaired) electrons. The Labute approximate surface area is 117 Å². The number of nitrogens with zero attached hydrogens (tertiary/aromatic N) is 2. The van der Waals surface area contributed by atoms with Gasteiger partial charge in [0.15, 0.2) is 0 Å². The Balaban J connectivity index is 2.78. The van der Waals surface area contributed by atoms with Crippen LogP contribution in [0.25, 0.3) is 0 Å². The summed E-state index contributed by atoms with van der Waals surface area (Å²) in [5.41, 5.74) is 5.11. The van der Waals surface area contributed by atoms with Gasteiger partial charge in [-0.15, -0.1) is 0 Å². The molecule has 0 aliphatic rings. The van der Waals surface area contributed by atoms with E-state index >= 15 is 0 Å². The minimum Gasteiger partial charge on any atom is -0.382 e. The van der Waals surface area contributed by atoms with Crippen LogP contribution in [0, 0.1) is 0 Å². The number of nitrogens with one attached hydrogen (secondary N) is 1. The lowest BCUT2D eigenvalue weighted by Gasteiger charge is -2.19. The number of aryl methyl sites for hydroxylation is 2. The Morgan fingerprint density at radius 3 is 2.67 bits per heavy atom. The molecule has 0 aliphatic heterocycles. The molecule has 5 nitrogen and oxygen atoms in total. The molecule has 2 unspecified atom stereocenters. The molecule has 18 heavy (non-hydrogen) atoms. The molecule has 0 saturated heterocycles. The first-order valence-corrected chi connectivity index (χ1v) is 7.01. The number of aromatic nitrogens is 2. The van der Waals surface area contributed by atoms with Crippen molar-refractivity contribution in [2.24, 2.45) is 12.9 Å². The number of halogens is 1. The van der Waals surface area contributed by atoms with Gasteiger partial charge in [0.05, 0.1) is 22.0 Å². The van der Waals surface area contributed by atoms with Crippen molar-refractivity contribution >= 4 is 15.9 Å². The van der Waals surface area contributed by atoms with Crippen LogP contribution in [0.5, 0.6) is 0 Å². The summed E-state index contributed by atoms with van der Waals surface area (Å²) >= 11 is 3.62. The summed E-state index contributed by atoms with van der Waals surface area (Å²) in [6.07, 6.45) is 2.80. The molecule has 1 rings (SSSR count). The zero-order chi connectivity index (χ0) is 13.7. The van der Waals surface area contributed by atoms with Crippen LogP contribution < -0.4 is 11.3 Å². The fraction of sp³-hybridized carbons (Fsp3) is 0.750. The van der Waals surface area contributed by atoms with Crippen LogP contribution in [0.15, 0.2) is 4.47 Å². The lowest BCUT2D eigenvalue weighted by atomic mass is 10.1. The first kappa shape index (κ1) is 15.6. The van der Waals surface area contributed by atoms with Gasteiger partial charge in [0.2, 0.25) is 0 Å². The van der Waals surface area contributed by atoms with Gasteiger partial charge in [-0.05, 0) is 35.7 Å². The third kappa shape index (κ3) is 3.78. The predicted molar refractivity (Wildman–Crippen MR) is 76.2 cm³/mol. The minimum absolute atomic E-state index is 0.177. The van der Waals surface area contributed by atoms with Gasteiger partial charge in [0.25, 0.3) is 0 Å².